The topological polar surface area (TPSA) is 73.6 Å². The van der Waals surface area contributed by atoms with E-state index >= 15 is 0 Å². The van der Waals surface area contributed by atoms with Crippen LogP contribution in [0.4, 0.5) is 18.9 Å². The number of H-pyrrole nitrogens is 1. The number of halogens is 3. The number of carboxylic acids is 1. The van der Waals surface area contributed by atoms with Crippen molar-refractivity contribution in [1.29, 1.82) is 0 Å². The van der Waals surface area contributed by atoms with Crippen LogP contribution in [0.5, 0.6) is 0 Å². The van der Waals surface area contributed by atoms with Crippen LogP contribution < -0.4 is 4.90 Å². The molecule has 2 N–H and O–H groups in total. The molecule has 0 aliphatic carbocycles. The number of carbonyl (C=O) groups is 1. The van der Waals surface area contributed by atoms with E-state index in [1.807, 2.05) is 18.2 Å². The highest BCUT2D eigenvalue weighted by Gasteiger charge is 2.38. The summed E-state index contributed by atoms with van der Waals surface area (Å²) in [6, 6.07) is 16.9. The molecule has 4 rings (SSSR count). The summed E-state index contributed by atoms with van der Waals surface area (Å²) in [5, 5.41) is 7.12. The molecule has 2 aromatic carbocycles. The van der Waals surface area contributed by atoms with Gasteiger partial charge in [-0.15, -0.1) is 0 Å². The van der Waals surface area contributed by atoms with Crippen molar-refractivity contribution < 1.29 is 23.1 Å². The van der Waals surface area contributed by atoms with Gasteiger partial charge in [0.25, 0.3) is 0 Å². The van der Waals surface area contributed by atoms with Gasteiger partial charge in [-0.3, -0.25) is 4.40 Å². The van der Waals surface area contributed by atoms with Crippen molar-refractivity contribution in [1.82, 2.24) is 14.4 Å². The summed E-state index contributed by atoms with van der Waals surface area (Å²) in [6.45, 7) is 6.42. The average Bonchev–Trinajstić information content (AvgIpc) is 3.27. The quantitative estimate of drug-likeness (QED) is 0.491. The van der Waals surface area contributed by atoms with Crippen molar-refractivity contribution in [3.8, 4) is 11.3 Å². The van der Waals surface area contributed by atoms with Gasteiger partial charge in [-0.2, -0.15) is 13.2 Å². The largest absolute Gasteiger partial charge is 0.490 e. The Morgan fingerprint density at radius 2 is 1.70 bits per heavy atom. The lowest BCUT2D eigenvalue weighted by atomic mass is 10.1. The lowest BCUT2D eigenvalue weighted by Crippen LogP contribution is -2.21. The molecule has 158 valence electrons. The van der Waals surface area contributed by atoms with Gasteiger partial charge in [0.1, 0.15) is 0 Å². The number of hydrogen-bond acceptors (Lipinski definition) is 3. The molecular weight excluding hydrogens is 397 g/mol. The lowest BCUT2D eigenvalue weighted by molar-refractivity contribution is -0.192. The van der Waals surface area contributed by atoms with Gasteiger partial charge in [-0.25, -0.2) is 9.78 Å². The molecule has 9 heteroatoms. The first-order valence-electron chi connectivity index (χ1n) is 9.35. The molecular formula is C21H21F3N4O2. The zero-order chi connectivity index (χ0) is 21.9. The Kier molecular flexibility index (Phi) is 6.00. The van der Waals surface area contributed by atoms with Crippen molar-refractivity contribution in [2.75, 3.05) is 18.0 Å². The smallest absolute Gasteiger partial charge is 0.475 e. The summed E-state index contributed by atoms with van der Waals surface area (Å²) >= 11 is 0. The van der Waals surface area contributed by atoms with Gasteiger partial charge >= 0.3 is 12.1 Å². The van der Waals surface area contributed by atoms with Crippen LogP contribution in [0.1, 0.15) is 13.8 Å². The van der Waals surface area contributed by atoms with Gasteiger partial charge in [0.15, 0.2) is 0 Å². The molecule has 0 spiro atoms. The second kappa shape index (κ2) is 8.48. The van der Waals surface area contributed by atoms with Crippen molar-refractivity contribution in [2.45, 2.75) is 20.0 Å². The molecule has 0 atom stereocenters. The molecule has 2 heterocycles. The molecule has 0 saturated carbocycles. The number of anilines is 1. The second-order valence-electron chi connectivity index (χ2n) is 6.48. The Hall–Kier alpha value is -3.49. The number of hydrogen-bond donors (Lipinski definition) is 2. The molecule has 30 heavy (non-hydrogen) atoms. The number of fused-ring (bicyclic) bond motifs is 3. The Balaban J connectivity index is 0.000000318. The van der Waals surface area contributed by atoms with E-state index in [0.29, 0.717) is 0 Å². The molecule has 0 fully saturated rings. The molecule has 0 radical (unpaired) electrons. The lowest BCUT2D eigenvalue weighted by Gasteiger charge is -2.21. The molecule has 4 aromatic rings. The summed E-state index contributed by atoms with van der Waals surface area (Å²) < 4.78 is 33.9. The first-order valence-corrected chi connectivity index (χ1v) is 9.35. The van der Waals surface area contributed by atoms with Crippen LogP contribution in [0, 0.1) is 0 Å². The van der Waals surface area contributed by atoms with Crippen LogP contribution in [-0.4, -0.2) is 44.7 Å². The number of rotatable bonds is 4. The molecule has 6 nitrogen and oxygen atoms in total. The fourth-order valence-corrected chi connectivity index (χ4v) is 3.13. The van der Waals surface area contributed by atoms with Crippen molar-refractivity contribution in [3.63, 3.8) is 0 Å². The molecule has 0 unspecified atom stereocenters. The van der Waals surface area contributed by atoms with E-state index in [1.54, 1.807) is 0 Å². The minimum Gasteiger partial charge on any atom is -0.475 e. The standard InChI is InChI=1S/C19H20N4.C2HF3O2/c1-3-22(4-2)15-11-9-14(10-12-15)17-13-23-18-8-6-5-7-16(18)20-19(23)21-17;3-2(4,5)1(6)7/h5-13H,3-4H2,1-2H3,(H,20,21);(H,6,7). The van der Waals surface area contributed by atoms with Crippen LogP contribution in [-0.2, 0) is 4.79 Å². The first-order chi connectivity index (χ1) is 14.2. The number of nitrogens with zero attached hydrogens (tertiary/aromatic N) is 3. The highest BCUT2D eigenvalue weighted by molar-refractivity contribution is 5.81. The van der Waals surface area contributed by atoms with Gasteiger partial charge in [0.2, 0.25) is 5.78 Å². The van der Waals surface area contributed by atoms with Crippen LogP contribution in [0.2, 0.25) is 0 Å². The predicted molar refractivity (Wildman–Crippen MR) is 110 cm³/mol. The van der Waals surface area contributed by atoms with Crippen LogP contribution >= 0.6 is 0 Å². The zero-order valence-electron chi connectivity index (χ0n) is 16.4. The third kappa shape index (κ3) is 4.40. The number of aliphatic carboxylic acids is 1. The highest BCUT2D eigenvalue weighted by Crippen LogP contribution is 2.25. The Morgan fingerprint density at radius 3 is 2.27 bits per heavy atom. The molecule has 0 amide bonds. The van der Waals surface area contributed by atoms with E-state index in [4.69, 9.17) is 9.90 Å². The highest BCUT2D eigenvalue weighted by atomic mass is 19.4. The normalized spacial score (nSPS) is 11.4. The maximum Gasteiger partial charge on any atom is 0.490 e. The monoisotopic (exact) mass is 418 g/mol. The first kappa shape index (κ1) is 21.2. The van der Waals surface area contributed by atoms with E-state index in [1.165, 1.54) is 11.3 Å². The number of benzene rings is 2. The van der Waals surface area contributed by atoms with Gasteiger partial charge < -0.3 is 15.0 Å². The van der Waals surface area contributed by atoms with Gasteiger partial charge in [0, 0.05) is 25.0 Å². The van der Waals surface area contributed by atoms with E-state index in [9.17, 15) is 13.2 Å². The second-order valence-corrected chi connectivity index (χ2v) is 6.48. The van der Waals surface area contributed by atoms with Gasteiger partial charge in [-0.05, 0) is 43.7 Å². The predicted octanol–water partition coefficient (Wildman–Crippen LogP) is 4.96. The molecule has 0 aliphatic heterocycles. The Labute approximate surface area is 170 Å². The zero-order valence-corrected chi connectivity index (χ0v) is 16.4. The minimum atomic E-state index is -5.08. The number of aromatic amines is 1. The molecule has 0 bridgehead atoms. The summed E-state index contributed by atoms with van der Waals surface area (Å²) in [6.07, 6.45) is -2.96. The summed E-state index contributed by atoms with van der Waals surface area (Å²) in [5.74, 6) is -1.87. The minimum absolute atomic E-state index is 0.883. The van der Waals surface area contributed by atoms with E-state index < -0.39 is 12.1 Å². The average molecular weight is 418 g/mol. The summed E-state index contributed by atoms with van der Waals surface area (Å²) in [4.78, 5) is 19.3. The molecule has 0 saturated heterocycles. The Morgan fingerprint density at radius 1 is 1.10 bits per heavy atom. The molecule has 0 aliphatic rings. The van der Waals surface area contributed by atoms with Gasteiger partial charge in [-0.1, -0.05) is 24.3 Å². The number of imidazole rings is 2. The van der Waals surface area contributed by atoms with Crippen LogP contribution in [0.3, 0.4) is 0 Å². The SMILES string of the molecule is CCN(CC)c1ccc(-c2cn3c(nc4ccccc43)[nH]2)cc1.O=C(O)C(F)(F)F. The number of aromatic nitrogens is 3. The van der Waals surface area contributed by atoms with Crippen LogP contribution in [0.25, 0.3) is 28.1 Å². The maximum absolute atomic E-state index is 10.6. The van der Waals surface area contributed by atoms with Crippen molar-refractivity contribution in [2.24, 2.45) is 0 Å². The van der Waals surface area contributed by atoms with Crippen molar-refractivity contribution >= 4 is 28.5 Å². The summed E-state index contributed by atoms with van der Waals surface area (Å²) in [7, 11) is 0. The summed E-state index contributed by atoms with van der Waals surface area (Å²) in [5.41, 5.74) is 5.67. The fraction of sp³-hybridized carbons (Fsp3) is 0.238. The fourth-order valence-electron chi connectivity index (χ4n) is 3.13. The van der Waals surface area contributed by atoms with E-state index in [0.717, 1.165) is 35.6 Å². The van der Waals surface area contributed by atoms with Gasteiger partial charge in [0.05, 0.1) is 16.7 Å². The number of para-hydroxylation sites is 2. The van der Waals surface area contributed by atoms with Crippen LogP contribution in [0.15, 0.2) is 54.7 Å². The number of alkyl halides is 3. The third-order valence-corrected chi connectivity index (χ3v) is 4.65. The maximum atomic E-state index is 10.6. The molecule has 2 aromatic heterocycles. The Bertz CT molecular complexity index is 1140. The number of nitrogens with one attached hydrogen (secondary N) is 1. The van der Waals surface area contributed by atoms with E-state index in [2.05, 4.69) is 69.6 Å². The van der Waals surface area contributed by atoms with Crippen molar-refractivity contribution in [3.05, 3.63) is 54.7 Å². The van der Waals surface area contributed by atoms with E-state index in [-0.39, 0.29) is 0 Å². The third-order valence-electron chi connectivity index (χ3n) is 4.65. The number of carboxylic acid groups (broad SMARTS) is 1.